The van der Waals surface area contributed by atoms with Crippen LogP contribution in [0.4, 0.5) is 4.79 Å². The number of ether oxygens (including phenoxy) is 4. The maximum absolute atomic E-state index is 13.7. The average molecular weight is 465 g/mol. The first-order chi connectivity index (χ1) is 15.3. The Labute approximate surface area is 187 Å². The lowest BCUT2D eigenvalue weighted by atomic mass is 9.73. The van der Waals surface area contributed by atoms with Crippen LogP contribution in [-0.4, -0.2) is 92.8 Å². The number of carbonyl (C=O) groups is 2. The summed E-state index contributed by atoms with van der Waals surface area (Å²) in [4.78, 5) is 26.2. The van der Waals surface area contributed by atoms with Gasteiger partial charge in [-0.15, -0.1) is 0 Å². The van der Waals surface area contributed by atoms with Crippen molar-refractivity contribution in [2.75, 3.05) is 20.9 Å². The van der Waals surface area contributed by atoms with Gasteiger partial charge >= 0.3 is 6.03 Å². The van der Waals surface area contributed by atoms with Crippen molar-refractivity contribution in [2.24, 2.45) is 0 Å². The summed E-state index contributed by atoms with van der Waals surface area (Å²) in [7, 11) is 2.54. The van der Waals surface area contributed by atoms with Crippen molar-refractivity contribution in [1.29, 1.82) is 0 Å². The van der Waals surface area contributed by atoms with Crippen LogP contribution in [0.2, 0.25) is 0 Å². The van der Waals surface area contributed by atoms with Crippen molar-refractivity contribution in [2.45, 2.75) is 43.4 Å². The number of fused-ring (bicyclic) bond motifs is 6. The van der Waals surface area contributed by atoms with Crippen LogP contribution < -0.4 is 14.8 Å². The van der Waals surface area contributed by atoms with Crippen LogP contribution in [0.15, 0.2) is 17.9 Å². The van der Waals surface area contributed by atoms with Gasteiger partial charge in [0.25, 0.3) is 11.7 Å². The third-order valence-corrected chi connectivity index (χ3v) is 6.18. The van der Waals surface area contributed by atoms with Gasteiger partial charge in [0.2, 0.25) is 12.5 Å². The number of aliphatic hydroxyl groups excluding tert-OH is 1. The van der Waals surface area contributed by atoms with Crippen molar-refractivity contribution in [1.82, 2.24) is 15.3 Å². The van der Waals surface area contributed by atoms with Crippen LogP contribution in [0.5, 0.6) is 11.5 Å². The molecule has 3 atom stereocenters. The topological polar surface area (TPSA) is 170 Å². The summed E-state index contributed by atoms with van der Waals surface area (Å²) in [6.07, 6.45) is -3.34. The van der Waals surface area contributed by atoms with E-state index in [2.05, 4.69) is 5.32 Å². The van der Waals surface area contributed by atoms with E-state index in [1.807, 2.05) is 0 Å². The second-order valence-electron chi connectivity index (χ2n) is 8.60. The van der Waals surface area contributed by atoms with E-state index in [-0.39, 0.29) is 29.4 Å². The van der Waals surface area contributed by atoms with E-state index in [0.717, 1.165) is 5.01 Å². The van der Waals surface area contributed by atoms with Crippen molar-refractivity contribution in [3.8, 4) is 11.5 Å². The molecule has 3 amide bonds. The third-order valence-electron chi connectivity index (χ3n) is 6.18. The van der Waals surface area contributed by atoms with Gasteiger partial charge in [-0.1, -0.05) is 0 Å². The van der Waals surface area contributed by atoms with Gasteiger partial charge in [-0.25, -0.2) is 14.8 Å². The van der Waals surface area contributed by atoms with Gasteiger partial charge in [-0.05, 0) is 26.0 Å². The number of amides is 3. The highest BCUT2D eigenvalue weighted by molar-refractivity contribution is 6.06. The maximum atomic E-state index is 13.7. The standard InChI is InChI=1S/C20H23N3O10/c1-18(2)32-14-15(33-18)20(28,29)13(24)12-8-5-10-11(31-7-30-10)6-9(8)16(25)23(19(12,14)27)22(4)17(26)21-3/h5-6,14-15,24,27-29H,7H2,1-4H3,(H,21,26)/t14?,15?,19-/m0/s1. The van der Waals surface area contributed by atoms with E-state index >= 15 is 0 Å². The Balaban J connectivity index is 1.84. The molecule has 1 aromatic carbocycles. The number of carbonyl (C=O) groups excluding carboxylic acids is 2. The summed E-state index contributed by atoms with van der Waals surface area (Å²) < 4.78 is 22.1. The zero-order chi connectivity index (χ0) is 24.1. The Morgan fingerprint density at radius 2 is 1.70 bits per heavy atom. The second-order valence-corrected chi connectivity index (χ2v) is 8.60. The minimum atomic E-state index is -2.99. The summed E-state index contributed by atoms with van der Waals surface area (Å²) >= 11 is 0. The van der Waals surface area contributed by atoms with Gasteiger partial charge in [0.05, 0.1) is 11.1 Å². The Hall–Kier alpha value is -3.10. The van der Waals surface area contributed by atoms with Crippen LogP contribution in [0.3, 0.4) is 0 Å². The van der Waals surface area contributed by atoms with Gasteiger partial charge in [-0.2, -0.15) is 0 Å². The van der Waals surface area contributed by atoms with Crippen molar-refractivity contribution < 1.29 is 49.0 Å². The first kappa shape index (κ1) is 21.7. The zero-order valence-electron chi connectivity index (χ0n) is 18.1. The Bertz CT molecular complexity index is 1120. The molecule has 0 bridgehead atoms. The number of aliphatic hydroxyl groups is 4. The van der Waals surface area contributed by atoms with Gasteiger partial charge in [0, 0.05) is 19.7 Å². The molecule has 3 heterocycles. The Morgan fingerprint density at radius 1 is 1.12 bits per heavy atom. The first-order valence-corrected chi connectivity index (χ1v) is 10.1. The first-order valence-electron chi connectivity index (χ1n) is 10.1. The number of hydrogen-bond acceptors (Lipinski definition) is 10. The van der Waals surface area contributed by atoms with E-state index in [1.54, 1.807) is 0 Å². The molecule has 2 unspecified atom stereocenters. The second kappa shape index (κ2) is 6.48. The Morgan fingerprint density at radius 3 is 2.30 bits per heavy atom. The van der Waals surface area contributed by atoms with Gasteiger partial charge < -0.3 is 44.7 Å². The molecule has 1 aromatic rings. The zero-order valence-corrected chi connectivity index (χ0v) is 18.1. The fraction of sp³-hybridized carbons (Fsp3) is 0.500. The predicted molar refractivity (Wildman–Crippen MR) is 106 cm³/mol. The molecular weight excluding hydrogens is 442 g/mol. The smallest absolute Gasteiger partial charge is 0.335 e. The lowest BCUT2D eigenvalue weighted by Gasteiger charge is -2.54. The van der Waals surface area contributed by atoms with Crippen molar-refractivity contribution in [3.63, 3.8) is 0 Å². The quantitative estimate of drug-likeness (QED) is 0.332. The van der Waals surface area contributed by atoms with Crippen LogP contribution in [-0.2, 0) is 9.47 Å². The molecule has 5 N–H and O–H groups in total. The monoisotopic (exact) mass is 465 g/mol. The summed E-state index contributed by atoms with van der Waals surface area (Å²) in [5.41, 5.74) is -3.19. The SMILES string of the molecule is CNC(=O)N(C)N1C(=O)c2cc3c(cc2C2=C(O)C(O)(O)C4OC(C)(C)OC4[C@@]21O)OCO3. The molecule has 5 rings (SSSR count). The van der Waals surface area contributed by atoms with Gasteiger partial charge in [0.1, 0.15) is 6.10 Å². The number of rotatable bonds is 1. The molecule has 0 spiro atoms. The number of urea groups is 1. The van der Waals surface area contributed by atoms with Crippen molar-refractivity contribution in [3.05, 3.63) is 29.0 Å². The average Bonchev–Trinajstić information content (AvgIpc) is 3.34. The number of hydrogen-bond donors (Lipinski definition) is 5. The van der Waals surface area contributed by atoms with E-state index in [1.165, 1.54) is 40.1 Å². The summed E-state index contributed by atoms with van der Waals surface area (Å²) in [5.74, 6) is -5.91. The normalized spacial score (nSPS) is 30.5. The molecular formula is C20H23N3O10. The fourth-order valence-electron chi connectivity index (χ4n) is 4.75. The van der Waals surface area contributed by atoms with Crippen LogP contribution >= 0.6 is 0 Å². The number of nitrogens with one attached hydrogen (secondary N) is 1. The highest BCUT2D eigenvalue weighted by atomic mass is 16.8. The van der Waals surface area contributed by atoms with E-state index in [9.17, 15) is 30.0 Å². The molecule has 1 saturated heterocycles. The van der Waals surface area contributed by atoms with Crippen LogP contribution in [0, 0.1) is 0 Å². The predicted octanol–water partition coefficient (Wildman–Crippen LogP) is -0.770. The molecule has 13 heteroatoms. The lowest BCUT2D eigenvalue weighted by Crippen LogP contribution is -2.74. The van der Waals surface area contributed by atoms with Gasteiger partial charge in [0.15, 0.2) is 29.1 Å². The molecule has 13 nitrogen and oxygen atoms in total. The highest BCUT2D eigenvalue weighted by Crippen LogP contribution is 2.56. The van der Waals surface area contributed by atoms with E-state index < -0.39 is 52.8 Å². The maximum Gasteiger partial charge on any atom is 0.335 e. The minimum Gasteiger partial charge on any atom is -0.506 e. The molecule has 0 saturated carbocycles. The minimum absolute atomic E-state index is 0.0509. The molecule has 0 radical (unpaired) electrons. The summed E-state index contributed by atoms with van der Waals surface area (Å²) in [6.45, 7) is 2.80. The number of benzene rings is 1. The third kappa shape index (κ3) is 2.65. The van der Waals surface area contributed by atoms with Crippen molar-refractivity contribution >= 4 is 17.5 Å². The molecule has 3 aliphatic heterocycles. The summed E-state index contributed by atoms with van der Waals surface area (Å²) in [6, 6.07) is 1.88. The Kier molecular flexibility index (Phi) is 4.27. The highest BCUT2D eigenvalue weighted by Gasteiger charge is 2.71. The lowest BCUT2D eigenvalue weighted by molar-refractivity contribution is -0.261. The molecule has 33 heavy (non-hydrogen) atoms. The fourth-order valence-corrected chi connectivity index (χ4v) is 4.75. The largest absolute Gasteiger partial charge is 0.506 e. The van der Waals surface area contributed by atoms with Gasteiger partial charge in [-0.3, -0.25) is 4.79 Å². The van der Waals surface area contributed by atoms with E-state index in [0.29, 0.717) is 5.01 Å². The molecule has 1 fully saturated rings. The molecule has 178 valence electrons. The number of hydrazine groups is 1. The molecule has 4 aliphatic rings. The van der Waals surface area contributed by atoms with Crippen LogP contribution in [0.25, 0.3) is 5.57 Å². The number of nitrogens with zero attached hydrogens (tertiary/aromatic N) is 2. The molecule has 0 aromatic heterocycles. The van der Waals surface area contributed by atoms with Crippen LogP contribution in [0.1, 0.15) is 29.8 Å². The summed E-state index contributed by atoms with van der Waals surface area (Å²) in [5, 5.41) is 48.7. The van der Waals surface area contributed by atoms with E-state index in [4.69, 9.17) is 18.9 Å². The molecule has 1 aliphatic carbocycles.